The zero-order valence-electron chi connectivity index (χ0n) is 8.77. The Kier molecular flexibility index (Phi) is 3.82. The van der Waals surface area contributed by atoms with Crippen molar-refractivity contribution in [3.8, 4) is 6.07 Å². The number of aliphatic carboxylic acids is 1. The zero-order valence-corrected chi connectivity index (χ0v) is 8.77. The minimum absolute atomic E-state index is 0.0423. The molecule has 1 amide bonds. The first-order valence-electron chi connectivity index (χ1n) is 4.86. The lowest BCUT2D eigenvalue weighted by molar-refractivity contribution is -0.143. The highest BCUT2D eigenvalue weighted by Gasteiger charge is 2.41. The Hall–Kier alpha value is -1.65. The first kappa shape index (κ1) is 12.4. The fraction of sp³-hybridized carbons (Fsp3) is 0.667. The number of hydrogen-bond acceptors (Lipinski definition) is 5. The van der Waals surface area contributed by atoms with Crippen LogP contribution in [0.15, 0.2) is 0 Å². The molecule has 0 aromatic heterocycles. The molecule has 7 nitrogen and oxygen atoms in total. The van der Waals surface area contributed by atoms with Gasteiger partial charge in [0.2, 0.25) is 5.91 Å². The minimum Gasteiger partial charge on any atom is -0.480 e. The number of carboxylic acids is 1. The fourth-order valence-electron chi connectivity index (χ4n) is 1.62. The second kappa shape index (κ2) is 4.92. The third-order valence-corrected chi connectivity index (χ3v) is 2.54. The van der Waals surface area contributed by atoms with E-state index in [4.69, 9.17) is 16.1 Å². The number of nitrogens with two attached hydrogens (primary N) is 1. The highest BCUT2D eigenvalue weighted by Crippen LogP contribution is 2.18. The lowest BCUT2D eigenvalue weighted by Crippen LogP contribution is -2.50. The fourth-order valence-corrected chi connectivity index (χ4v) is 1.62. The van der Waals surface area contributed by atoms with Crippen molar-refractivity contribution in [1.82, 2.24) is 10.2 Å². The van der Waals surface area contributed by atoms with E-state index in [-0.39, 0.29) is 25.5 Å². The number of carboxylic acid groups (broad SMARTS) is 1. The van der Waals surface area contributed by atoms with E-state index in [1.807, 2.05) is 0 Å². The molecule has 4 N–H and O–H groups in total. The van der Waals surface area contributed by atoms with Gasteiger partial charge < -0.3 is 16.2 Å². The number of likely N-dealkylation sites (tertiary alicyclic amines) is 1. The van der Waals surface area contributed by atoms with Gasteiger partial charge in [-0.1, -0.05) is 0 Å². The van der Waals surface area contributed by atoms with Crippen LogP contribution in [0.2, 0.25) is 0 Å². The molecule has 1 rings (SSSR count). The van der Waals surface area contributed by atoms with Crippen molar-refractivity contribution in [2.45, 2.75) is 12.0 Å². The summed E-state index contributed by atoms with van der Waals surface area (Å²) in [5, 5.41) is 19.5. The number of carbonyl (C=O) groups excluding carboxylic acids is 1. The third-order valence-electron chi connectivity index (χ3n) is 2.54. The largest absolute Gasteiger partial charge is 0.480 e. The predicted molar refractivity (Wildman–Crippen MR) is 54.2 cm³/mol. The molecule has 1 heterocycles. The van der Waals surface area contributed by atoms with Crippen LogP contribution >= 0.6 is 0 Å². The Morgan fingerprint density at radius 2 is 2.31 bits per heavy atom. The number of hydrogen-bond donors (Lipinski definition) is 3. The highest BCUT2D eigenvalue weighted by molar-refractivity contribution is 5.81. The topological polar surface area (TPSA) is 119 Å². The lowest BCUT2D eigenvalue weighted by Gasteiger charge is -2.19. The van der Waals surface area contributed by atoms with Gasteiger partial charge in [-0.2, -0.15) is 5.26 Å². The van der Waals surface area contributed by atoms with Gasteiger partial charge >= 0.3 is 5.97 Å². The second-order valence-corrected chi connectivity index (χ2v) is 3.86. The van der Waals surface area contributed by atoms with Gasteiger partial charge in [-0.05, 0) is 6.42 Å². The molecule has 1 fully saturated rings. The van der Waals surface area contributed by atoms with Crippen LogP contribution in [0.3, 0.4) is 0 Å². The molecule has 7 heteroatoms. The highest BCUT2D eigenvalue weighted by atomic mass is 16.4. The summed E-state index contributed by atoms with van der Waals surface area (Å²) < 4.78 is 0. The van der Waals surface area contributed by atoms with E-state index in [9.17, 15) is 9.59 Å². The Morgan fingerprint density at radius 1 is 1.62 bits per heavy atom. The average Bonchev–Trinajstić information content (AvgIpc) is 2.58. The molecule has 0 saturated carbocycles. The molecule has 16 heavy (non-hydrogen) atoms. The number of carbonyl (C=O) groups is 2. The molecular weight excluding hydrogens is 212 g/mol. The first-order chi connectivity index (χ1) is 7.48. The number of amides is 1. The van der Waals surface area contributed by atoms with E-state index in [2.05, 4.69) is 5.32 Å². The summed E-state index contributed by atoms with van der Waals surface area (Å²) in [4.78, 5) is 23.7. The summed E-state index contributed by atoms with van der Waals surface area (Å²) in [6, 6.07) is 1.79. The minimum atomic E-state index is -1.25. The van der Waals surface area contributed by atoms with Gasteiger partial charge in [-0.3, -0.25) is 14.5 Å². The molecule has 0 bridgehead atoms. The van der Waals surface area contributed by atoms with Gasteiger partial charge in [0.05, 0.1) is 12.6 Å². The SMILES string of the molecule is N#CCNC(=O)CN1CCC(N)(C(=O)O)C1. The number of nitriles is 1. The smallest absolute Gasteiger partial charge is 0.325 e. The maximum atomic E-state index is 11.2. The van der Waals surface area contributed by atoms with E-state index in [1.165, 1.54) is 0 Å². The molecule has 1 saturated heterocycles. The summed E-state index contributed by atoms with van der Waals surface area (Å²) in [5.41, 5.74) is 4.39. The van der Waals surface area contributed by atoms with Crippen LogP contribution in [0, 0.1) is 11.3 Å². The number of nitrogens with zero attached hydrogens (tertiary/aromatic N) is 2. The molecule has 88 valence electrons. The average molecular weight is 226 g/mol. The Balaban J connectivity index is 2.40. The van der Waals surface area contributed by atoms with Crippen LogP contribution in [0.5, 0.6) is 0 Å². The van der Waals surface area contributed by atoms with E-state index in [1.54, 1.807) is 11.0 Å². The standard InChI is InChI=1S/C9H14N4O3/c10-2-3-12-7(14)5-13-4-1-9(11,6-13)8(15)16/h1,3-6,11H2,(H,12,14)(H,15,16). The van der Waals surface area contributed by atoms with E-state index in [0.717, 1.165) is 0 Å². The molecular formula is C9H14N4O3. The summed E-state index contributed by atoms with van der Waals surface area (Å²) in [6.45, 7) is 0.665. The normalized spacial score (nSPS) is 25.0. The van der Waals surface area contributed by atoms with Crippen molar-refractivity contribution < 1.29 is 14.7 Å². The summed E-state index contributed by atoms with van der Waals surface area (Å²) in [5.74, 6) is -1.34. The van der Waals surface area contributed by atoms with Crippen LogP contribution in [0.25, 0.3) is 0 Å². The predicted octanol–water partition coefficient (Wildman–Crippen LogP) is -1.89. The Morgan fingerprint density at radius 3 is 2.81 bits per heavy atom. The van der Waals surface area contributed by atoms with Crippen molar-refractivity contribution in [3.63, 3.8) is 0 Å². The number of nitrogens with one attached hydrogen (secondary N) is 1. The van der Waals surface area contributed by atoms with Crippen molar-refractivity contribution >= 4 is 11.9 Å². The van der Waals surface area contributed by atoms with Crippen LogP contribution < -0.4 is 11.1 Å². The molecule has 1 aliphatic rings. The summed E-state index contributed by atoms with van der Waals surface area (Å²) in [7, 11) is 0. The van der Waals surface area contributed by atoms with Crippen LogP contribution in [0.4, 0.5) is 0 Å². The van der Waals surface area contributed by atoms with Crippen LogP contribution in [0.1, 0.15) is 6.42 Å². The van der Waals surface area contributed by atoms with Crippen molar-refractivity contribution in [2.24, 2.45) is 5.73 Å². The molecule has 0 spiro atoms. The van der Waals surface area contributed by atoms with Crippen LogP contribution in [-0.4, -0.2) is 53.6 Å². The molecule has 1 aliphatic heterocycles. The quantitative estimate of drug-likeness (QED) is 0.482. The first-order valence-corrected chi connectivity index (χ1v) is 4.86. The maximum absolute atomic E-state index is 11.2. The van der Waals surface area contributed by atoms with Gasteiger partial charge in [-0.25, -0.2) is 0 Å². The van der Waals surface area contributed by atoms with Gasteiger partial charge in [0.15, 0.2) is 0 Å². The van der Waals surface area contributed by atoms with Gasteiger partial charge in [0.25, 0.3) is 0 Å². The number of rotatable bonds is 4. The summed E-state index contributed by atoms with van der Waals surface area (Å²) in [6.07, 6.45) is 0.327. The molecule has 0 aromatic carbocycles. The molecule has 0 aliphatic carbocycles. The maximum Gasteiger partial charge on any atom is 0.325 e. The molecule has 0 radical (unpaired) electrons. The van der Waals surface area contributed by atoms with E-state index >= 15 is 0 Å². The third kappa shape index (κ3) is 2.92. The molecule has 1 unspecified atom stereocenters. The van der Waals surface area contributed by atoms with Crippen molar-refractivity contribution in [2.75, 3.05) is 26.2 Å². The Labute approximate surface area is 92.8 Å². The Bertz CT molecular complexity index is 338. The monoisotopic (exact) mass is 226 g/mol. The summed E-state index contributed by atoms with van der Waals surface area (Å²) >= 11 is 0. The molecule has 1 atom stereocenters. The van der Waals surface area contributed by atoms with Gasteiger partial charge in [0, 0.05) is 13.1 Å². The second-order valence-electron chi connectivity index (χ2n) is 3.86. The van der Waals surface area contributed by atoms with Crippen LogP contribution in [-0.2, 0) is 9.59 Å². The van der Waals surface area contributed by atoms with E-state index in [0.29, 0.717) is 13.0 Å². The van der Waals surface area contributed by atoms with Crippen molar-refractivity contribution in [3.05, 3.63) is 0 Å². The van der Waals surface area contributed by atoms with Gasteiger partial charge in [0.1, 0.15) is 12.1 Å². The lowest BCUT2D eigenvalue weighted by atomic mass is 10.0. The van der Waals surface area contributed by atoms with Gasteiger partial charge in [-0.15, -0.1) is 0 Å². The zero-order chi connectivity index (χ0) is 12.2. The van der Waals surface area contributed by atoms with Crippen molar-refractivity contribution in [1.29, 1.82) is 5.26 Å². The van der Waals surface area contributed by atoms with E-state index < -0.39 is 11.5 Å². The molecule has 0 aromatic rings.